The lowest BCUT2D eigenvalue weighted by Gasteiger charge is -2.31. The Balaban J connectivity index is 1.76. The number of carbonyl (C=O) groups excluding carboxylic acids is 2. The Morgan fingerprint density at radius 3 is 2.33 bits per heavy atom. The SMILES string of the molecule is Cc1ccc(CC(=O)N(Cc2ccccc2C)[C@H](C)C(=O)NC2CCCCC2)cc1. The molecule has 0 heterocycles. The van der Waals surface area contributed by atoms with E-state index in [-0.39, 0.29) is 17.9 Å². The predicted octanol–water partition coefficient (Wildman–Crippen LogP) is 4.71. The van der Waals surface area contributed by atoms with Gasteiger partial charge in [-0.05, 0) is 50.3 Å². The molecule has 0 aliphatic heterocycles. The van der Waals surface area contributed by atoms with E-state index in [1.54, 1.807) is 4.90 Å². The Labute approximate surface area is 180 Å². The Hall–Kier alpha value is -2.62. The van der Waals surface area contributed by atoms with Gasteiger partial charge in [0.25, 0.3) is 0 Å². The lowest BCUT2D eigenvalue weighted by atomic mass is 9.95. The number of benzene rings is 2. The number of nitrogens with one attached hydrogen (secondary N) is 1. The Morgan fingerprint density at radius 2 is 1.67 bits per heavy atom. The highest BCUT2D eigenvalue weighted by molar-refractivity contribution is 5.88. The first-order valence-corrected chi connectivity index (χ1v) is 11.1. The molecule has 0 unspecified atom stereocenters. The summed E-state index contributed by atoms with van der Waals surface area (Å²) < 4.78 is 0. The van der Waals surface area contributed by atoms with Crippen LogP contribution in [0.3, 0.4) is 0 Å². The van der Waals surface area contributed by atoms with E-state index in [0.29, 0.717) is 13.0 Å². The molecule has 1 aliphatic carbocycles. The van der Waals surface area contributed by atoms with Gasteiger partial charge in [0.05, 0.1) is 6.42 Å². The number of amides is 2. The van der Waals surface area contributed by atoms with Crippen LogP contribution in [-0.4, -0.2) is 28.8 Å². The third-order valence-corrected chi connectivity index (χ3v) is 6.20. The van der Waals surface area contributed by atoms with Gasteiger partial charge in [-0.25, -0.2) is 0 Å². The van der Waals surface area contributed by atoms with Gasteiger partial charge in [-0.3, -0.25) is 9.59 Å². The molecule has 1 saturated carbocycles. The molecule has 3 rings (SSSR count). The number of aryl methyl sites for hydroxylation is 2. The van der Waals surface area contributed by atoms with E-state index in [4.69, 9.17) is 0 Å². The van der Waals surface area contributed by atoms with Gasteiger partial charge in [0.1, 0.15) is 6.04 Å². The van der Waals surface area contributed by atoms with E-state index in [1.165, 1.54) is 24.8 Å². The van der Waals surface area contributed by atoms with Crippen molar-refractivity contribution in [2.24, 2.45) is 0 Å². The highest BCUT2D eigenvalue weighted by Gasteiger charge is 2.28. The number of rotatable bonds is 7. The molecule has 2 amide bonds. The van der Waals surface area contributed by atoms with E-state index in [0.717, 1.165) is 29.5 Å². The van der Waals surface area contributed by atoms with Gasteiger partial charge in [0.2, 0.25) is 11.8 Å². The van der Waals surface area contributed by atoms with Gasteiger partial charge in [-0.2, -0.15) is 0 Å². The van der Waals surface area contributed by atoms with E-state index in [9.17, 15) is 9.59 Å². The Morgan fingerprint density at radius 1 is 1.00 bits per heavy atom. The normalized spacial score (nSPS) is 15.4. The zero-order chi connectivity index (χ0) is 21.5. The molecule has 0 aromatic heterocycles. The summed E-state index contributed by atoms with van der Waals surface area (Å²) in [5.74, 6) is -0.0684. The second kappa shape index (κ2) is 10.4. The van der Waals surface area contributed by atoms with Gasteiger partial charge in [0.15, 0.2) is 0 Å². The fourth-order valence-electron chi connectivity index (χ4n) is 4.10. The molecular weight excluding hydrogens is 372 g/mol. The highest BCUT2D eigenvalue weighted by Crippen LogP contribution is 2.19. The summed E-state index contributed by atoms with van der Waals surface area (Å²) in [7, 11) is 0. The monoisotopic (exact) mass is 406 g/mol. The predicted molar refractivity (Wildman–Crippen MR) is 121 cm³/mol. The van der Waals surface area contributed by atoms with Crippen LogP contribution in [0.5, 0.6) is 0 Å². The minimum Gasteiger partial charge on any atom is -0.352 e. The summed E-state index contributed by atoms with van der Waals surface area (Å²) in [6.45, 7) is 6.37. The van der Waals surface area contributed by atoms with E-state index in [1.807, 2.05) is 69.3 Å². The van der Waals surface area contributed by atoms with Crippen LogP contribution in [0.2, 0.25) is 0 Å². The third-order valence-electron chi connectivity index (χ3n) is 6.20. The van der Waals surface area contributed by atoms with Crippen molar-refractivity contribution in [3.8, 4) is 0 Å². The summed E-state index contributed by atoms with van der Waals surface area (Å²) in [4.78, 5) is 28.1. The fourth-order valence-corrected chi connectivity index (χ4v) is 4.10. The van der Waals surface area contributed by atoms with Crippen molar-refractivity contribution in [3.63, 3.8) is 0 Å². The minimum atomic E-state index is -0.510. The number of carbonyl (C=O) groups is 2. The van der Waals surface area contributed by atoms with Crippen LogP contribution in [0.25, 0.3) is 0 Å². The van der Waals surface area contributed by atoms with Gasteiger partial charge >= 0.3 is 0 Å². The van der Waals surface area contributed by atoms with Crippen LogP contribution in [0, 0.1) is 13.8 Å². The fraction of sp³-hybridized carbons (Fsp3) is 0.462. The van der Waals surface area contributed by atoms with Crippen molar-refractivity contribution < 1.29 is 9.59 Å². The lowest BCUT2D eigenvalue weighted by molar-refractivity contribution is -0.140. The molecule has 160 valence electrons. The molecule has 1 fully saturated rings. The van der Waals surface area contributed by atoms with Crippen molar-refractivity contribution in [2.45, 2.75) is 77.9 Å². The van der Waals surface area contributed by atoms with Crippen molar-refractivity contribution >= 4 is 11.8 Å². The summed E-state index contributed by atoms with van der Waals surface area (Å²) in [5, 5.41) is 3.19. The van der Waals surface area contributed by atoms with Crippen LogP contribution in [-0.2, 0) is 22.6 Å². The molecule has 30 heavy (non-hydrogen) atoms. The summed E-state index contributed by atoms with van der Waals surface area (Å²) in [5.41, 5.74) is 4.35. The average molecular weight is 407 g/mol. The highest BCUT2D eigenvalue weighted by atomic mass is 16.2. The Kier molecular flexibility index (Phi) is 7.67. The minimum absolute atomic E-state index is 0.0200. The van der Waals surface area contributed by atoms with Gasteiger partial charge in [-0.15, -0.1) is 0 Å². The quantitative estimate of drug-likeness (QED) is 0.724. The van der Waals surface area contributed by atoms with Crippen LogP contribution in [0.4, 0.5) is 0 Å². The number of hydrogen-bond acceptors (Lipinski definition) is 2. The van der Waals surface area contributed by atoms with Crippen LogP contribution in [0.15, 0.2) is 48.5 Å². The molecule has 2 aromatic carbocycles. The zero-order valence-corrected chi connectivity index (χ0v) is 18.5. The van der Waals surface area contributed by atoms with E-state index in [2.05, 4.69) is 5.32 Å². The molecule has 4 heteroatoms. The molecule has 2 aromatic rings. The van der Waals surface area contributed by atoms with Crippen molar-refractivity contribution in [3.05, 3.63) is 70.8 Å². The van der Waals surface area contributed by atoms with Gasteiger partial charge < -0.3 is 10.2 Å². The maximum absolute atomic E-state index is 13.3. The summed E-state index contributed by atoms with van der Waals surface area (Å²) >= 11 is 0. The van der Waals surface area contributed by atoms with Crippen LogP contribution >= 0.6 is 0 Å². The van der Waals surface area contributed by atoms with E-state index >= 15 is 0 Å². The third kappa shape index (κ3) is 5.94. The number of nitrogens with zero attached hydrogens (tertiary/aromatic N) is 1. The lowest BCUT2D eigenvalue weighted by Crippen LogP contribution is -2.50. The maximum atomic E-state index is 13.3. The second-order valence-electron chi connectivity index (χ2n) is 8.63. The van der Waals surface area contributed by atoms with Crippen LogP contribution < -0.4 is 5.32 Å². The van der Waals surface area contributed by atoms with Crippen molar-refractivity contribution in [1.29, 1.82) is 0 Å². The summed E-state index contributed by atoms with van der Waals surface area (Å²) in [6, 6.07) is 15.8. The first-order valence-electron chi connectivity index (χ1n) is 11.1. The van der Waals surface area contributed by atoms with Gasteiger partial charge in [0, 0.05) is 12.6 Å². The second-order valence-corrected chi connectivity index (χ2v) is 8.63. The summed E-state index contributed by atoms with van der Waals surface area (Å²) in [6.07, 6.45) is 5.95. The Bertz CT molecular complexity index is 854. The first kappa shape index (κ1) is 22.1. The molecular formula is C26H34N2O2. The first-order chi connectivity index (χ1) is 14.4. The van der Waals surface area contributed by atoms with Crippen molar-refractivity contribution in [1.82, 2.24) is 10.2 Å². The van der Waals surface area contributed by atoms with Crippen LogP contribution in [0.1, 0.15) is 61.3 Å². The molecule has 0 radical (unpaired) electrons. The molecule has 0 saturated heterocycles. The van der Waals surface area contributed by atoms with E-state index < -0.39 is 6.04 Å². The van der Waals surface area contributed by atoms with Gasteiger partial charge in [-0.1, -0.05) is 73.4 Å². The molecule has 0 spiro atoms. The smallest absolute Gasteiger partial charge is 0.242 e. The zero-order valence-electron chi connectivity index (χ0n) is 18.5. The molecule has 1 N–H and O–H groups in total. The van der Waals surface area contributed by atoms with Crippen molar-refractivity contribution in [2.75, 3.05) is 0 Å². The molecule has 0 bridgehead atoms. The standard InChI is InChI=1S/C26H34N2O2/c1-19-13-15-22(16-14-19)17-25(29)28(18-23-10-8-7-9-20(23)2)21(3)26(30)27-24-11-5-4-6-12-24/h7-10,13-16,21,24H,4-6,11-12,17-18H2,1-3H3,(H,27,30)/t21-/m1/s1. The molecule has 4 nitrogen and oxygen atoms in total. The average Bonchev–Trinajstić information content (AvgIpc) is 2.75. The largest absolute Gasteiger partial charge is 0.352 e. The molecule has 1 atom stereocenters. The molecule has 1 aliphatic rings. The number of hydrogen-bond donors (Lipinski definition) is 1. The maximum Gasteiger partial charge on any atom is 0.242 e. The topological polar surface area (TPSA) is 49.4 Å².